The van der Waals surface area contributed by atoms with Gasteiger partial charge in [-0.15, -0.1) is 0 Å². The van der Waals surface area contributed by atoms with Gasteiger partial charge in [-0.25, -0.2) is 15.0 Å². The van der Waals surface area contributed by atoms with Crippen LogP contribution in [0.5, 0.6) is 17.4 Å². The third kappa shape index (κ3) is 12.1. The van der Waals surface area contributed by atoms with Crippen LogP contribution in [0.25, 0.3) is 67.1 Å². The van der Waals surface area contributed by atoms with Gasteiger partial charge in [0.25, 0.3) is 5.91 Å². The molecule has 6 heterocycles. The summed E-state index contributed by atoms with van der Waals surface area (Å²) in [7, 11) is 4.89. The second-order valence-corrected chi connectivity index (χ2v) is 18.9. The summed E-state index contributed by atoms with van der Waals surface area (Å²) in [6, 6.07) is 61.8. The topological polar surface area (TPSA) is 204 Å². The van der Waals surface area contributed by atoms with Crippen molar-refractivity contribution in [2.45, 2.75) is 6.42 Å². The van der Waals surface area contributed by atoms with E-state index in [0.717, 1.165) is 78.6 Å². The van der Waals surface area contributed by atoms with Crippen LogP contribution in [0.2, 0.25) is 10.0 Å². The average molecular weight is 1150 g/mol. The maximum absolute atomic E-state index is 14.2. The number of aromatic nitrogens is 7. The molecule has 0 amide bonds. The number of carbonyl (C=O) groups is 1. The molecule has 0 saturated carbocycles. The van der Waals surface area contributed by atoms with Gasteiger partial charge >= 0.3 is 0 Å². The van der Waals surface area contributed by atoms with Crippen molar-refractivity contribution < 1.29 is 19.0 Å². The van der Waals surface area contributed by atoms with E-state index in [-0.39, 0.29) is 5.91 Å². The molecule has 20 heteroatoms. The van der Waals surface area contributed by atoms with Crippen molar-refractivity contribution in [1.82, 2.24) is 34.3 Å². The first-order chi connectivity index (χ1) is 40.2. The lowest BCUT2D eigenvalue weighted by atomic mass is 9.92. The number of fused-ring (bicyclic) bond motifs is 2. The van der Waals surface area contributed by atoms with Gasteiger partial charge in [-0.05, 0) is 105 Å². The number of anilines is 3. The Morgan fingerprint density at radius 3 is 1.57 bits per heavy atom. The minimum absolute atomic E-state index is 0.222. The molecule has 0 atom stereocenters. The number of nitrogens with zero attached hydrogens (tertiary/aromatic N) is 10. The zero-order chi connectivity index (χ0) is 57.0. The summed E-state index contributed by atoms with van der Waals surface area (Å²) in [6.45, 7) is 0. The molecule has 0 fully saturated rings. The molecule has 3 N–H and O–H groups in total. The van der Waals surface area contributed by atoms with Crippen LogP contribution in [0.4, 0.5) is 17.5 Å². The van der Waals surface area contributed by atoms with E-state index >= 15 is 0 Å². The lowest BCUT2D eigenvalue weighted by molar-refractivity contribution is 0.0958. The Morgan fingerprint density at radius 1 is 0.549 bits per heavy atom. The summed E-state index contributed by atoms with van der Waals surface area (Å²) in [5, 5.41) is 23.1. The maximum Gasteiger partial charge on any atom is 0.280 e. The number of pyridine rings is 2. The quantitative estimate of drug-likeness (QED) is 0.0690. The van der Waals surface area contributed by atoms with Gasteiger partial charge in [-0.1, -0.05) is 149 Å². The first-order valence-electron chi connectivity index (χ1n) is 25.3. The largest absolute Gasteiger partial charge is 0.497 e. The van der Waals surface area contributed by atoms with Crippen LogP contribution in [-0.2, 0) is 6.42 Å². The minimum atomic E-state index is -0.222. The van der Waals surface area contributed by atoms with Crippen LogP contribution < -0.4 is 24.8 Å². The molecule has 6 aromatic carbocycles. The van der Waals surface area contributed by atoms with Crippen LogP contribution in [0.1, 0.15) is 16.1 Å². The molecule has 1 aliphatic rings. The number of ether oxygens (including phenoxy) is 3. The molecule has 17 nitrogen and oxygen atoms in total. The monoisotopic (exact) mass is 1140 g/mol. The number of allylic oxidation sites excluding steroid dienone is 2. The number of carbonyl (C=O) groups excluding carboxylic acids is 1. The number of nitrogens with one attached hydrogen (secondary N) is 3. The molecule has 5 aromatic heterocycles. The molecule has 0 unspecified atom stereocenters. The number of hydrogen-bond donors (Lipinski definition) is 3. The van der Waals surface area contributed by atoms with Gasteiger partial charge < -0.3 is 24.8 Å². The fraction of sp³-hybridized carbons (Fsp3) is 0.0645. The van der Waals surface area contributed by atoms with Gasteiger partial charge in [-0.2, -0.15) is 24.9 Å². The third-order valence-electron chi connectivity index (χ3n) is 13.0. The lowest BCUT2D eigenvalue weighted by Gasteiger charge is -2.23. The standard InChI is InChI=1S/C31H24ClN5O2.C31H23ClN4O2.ClHN4/c1-38-24-16-14-20(15-17-24)27-29(34-25-13-6-7-18-33-25)35-30-26(22-11-8-12-23(32)19-22)28(21-9-4-3-5-10-21)36-37(30)31(27)39-2;1-38-24-15-13-20(14-16-24)28-25(34-27-12-5-6-17-33-27)19-26-29(22-10-7-11-23(32)18-22)30(35-36(26)31(28)37)21-8-3-2-4-9-21;1-3-5-4-2/h3-19H,1-2H3,(H,33,34,35);2-18H,19H2,1H3,(H,33,34);2H. The first-order valence-corrected chi connectivity index (χ1v) is 26.3. The Hall–Kier alpha value is -10.1. The van der Waals surface area contributed by atoms with Crippen molar-refractivity contribution in [3.05, 3.63) is 234 Å². The molecule has 0 saturated heterocycles. The maximum atomic E-state index is 14.2. The third-order valence-corrected chi connectivity index (χ3v) is 13.5. The fourth-order valence-corrected chi connectivity index (χ4v) is 9.79. The van der Waals surface area contributed by atoms with Crippen molar-refractivity contribution >= 4 is 69.6 Å². The zero-order valence-electron chi connectivity index (χ0n) is 44.1. The van der Waals surface area contributed by atoms with Crippen molar-refractivity contribution in [3.8, 4) is 73.3 Å². The summed E-state index contributed by atoms with van der Waals surface area (Å²) in [6.07, 6.45) is 3.88. The molecule has 0 radical (unpaired) electrons. The smallest absolute Gasteiger partial charge is 0.280 e. The summed E-state index contributed by atoms with van der Waals surface area (Å²) >= 11 is 17.4. The van der Waals surface area contributed by atoms with Gasteiger partial charge in [0.1, 0.15) is 40.3 Å². The Bertz CT molecular complexity index is 4090. The normalized spacial score (nSPS) is 11.7. The summed E-state index contributed by atoms with van der Waals surface area (Å²) in [4.78, 5) is 28.2. The van der Waals surface area contributed by atoms with E-state index in [1.54, 1.807) is 38.2 Å². The van der Waals surface area contributed by atoms with E-state index < -0.39 is 0 Å². The van der Waals surface area contributed by atoms with Crippen molar-refractivity contribution in [2.24, 2.45) is 15.1 Å². The molecule has 0 spiro atoms. The molecule has 0 aliphatic carbocycles. The molecule has 406 valence electrons. The molecular formula is C62H48Cl3N13O4. The molecule has 12 rings (SSSR count). The van der Waals surface area contributed by atoms with E-state index in [1.807, 2.05) is 194 Å². The average Bonchev–Trinajstić information content (AvgIpc) is 4.27. The van der Waals surface area contributed by atoms with Gasteiger partial charge in [0.05, 0.1) is 55.5 Å². The van der Waals surface area contributed by atoms with Crippen LogP contribution in [-0.4, -0.2) is 61.6 Å². The zero-order valence-corrected chi connectivity index (χ0v) is 46.3. The second-order valence-electron chi connectivity index (χ2n) is 17.9. The van der Waals surface area contributed by atoms with Gasteiger partial charge in [0.15, 0.2) is 5.65 Å². The van der Waals surface area contributed by atoms with Crippen LogP contribution in [0.15, 0.2) is 227 Å². The number of hydrogen-bond acceptors (Lipinski definition) is 13. The van der Waals surface area contributed by atoms with Crippen LogP contribution >= 0.6 is 35.0 Å². The highest BCUT2D eigenvalue weighted by molar-refractivity contribution is 6.31. The van der Waals surface area contributed by atoms with Gasteiger partial charge in [-0.3, -0.25) is 4.79 Å². The van der Waals surface area contributed by atoms with Gasteiger partial charge in [0, 0.05) is 51.2 Å². The van der Waals surface area contributed by atoms with Gasteiger partial charge in [0.2, 0.25) is 5.88 Å². The number of methoxy groups -OCH3 is 3. The Morgan fingerprint density at radius 2 is 1.07 bits per heavy atom. The van der Waals surface area contributed by atoms with E-state index in [0.29, 0.717) is 56.8 Å². The van der Waals surface area contributed by atoms with Crippen LogP contribution in [0.3, 0.4) is 0 Å². The van der Waals surface area contributed by atoms with Crippen molar-refractivity contribution in [3.63, 3.8) is 0 Å². The van der Waals surface area contributed by atoms with E-state index in [4.69, 9.17) is 58.1 Å². The molecule has 82 heavy (non-hydrogen) atoms. The second kappa shape index (κ2) is 25.8. The highest BCUT2D eigenvalue weighted by atomic mass is 35.5. The molecule has 1 aliphatic heterocycles. The first kappa shape index (κ1) is 55.3. The highest BCUT2D eigenvalue weighted by Gasteiger charge is 2.34. The number of rotatable bonds is 14. The Balaban J connectivity index is 0.000000170. The van der Waals surface area contributed by atoms with E-state index in [2.05, 4.69) is 47.5 Å². The highest BCUT2D eigenvalue weighted by Crippen LogP contribution is 2.44. The Labute approximate surface area is 486 Å². The summed E-state index contributed by atoms with van der Waals surface area (Å²) in [5.41, 5.74) is 17.8. The molecule has 11 aromatic rings. The Kier molecular flexibility index (Phi) is 17.4. The number of halogens is 3. The minimum Gasteiger partial charge on any atom is -0.497 e. The predicted molar refractivity (Wildman–Crippen MR) is 321 cm³/mol. The molecule has 0 bridgehead atoms. The van der Waals surface area contributed by atoms with Crippen LogP contribution in [0, 0.1) is 5.53 Å². The summed E-state index contributed by atoms with van der Waals surface area (Å²) in [5.74, 6) is 3.64. The summed E-state index contributed by atoms with van der Waals surface area (Å²) < 4.78 is 22.7. The van der Waals surface area contributed by atoms with Crippen molar-refractivity contribution in [2.75, 3.05) is 32.0 Å². The fourth-order valence-electron chi connectivity index (χ4n) is 9.38. The van der Waals surface area contributed by atoms with Crippen molar-refractivity contribution in [1.29, 1.82) is 5.53 Å². The lowest BCUT2D eigenvalue weighted by Crippen LogP contribution is -2.26. The van der Waals surface area contributed by atoms with E-state index in [1.165, 1.54) is 4.68 Å². The SMILES string of the molecule is COc1ccc(-c2c(Nc3ccccn3)nc3c(-c4cccc(Cl)c4)c(-c4ccccc4)nn3c2OC)cc1.COc1ccc(C2=C(Nc3ccccn3)Cc3c(-c4cccc(Cl)c4)c(-c4ccccc4)nn3C2=O)cc1.N=NN=NCl. The molecular weight excluding hydrogens is 1100 g/mol. The van der Waals surface area contributed by atoms with E-state index in [9.17, 15) is 4.79 Å². The predicted octanol–water partition coefficient (Wildman–Crippen LogP) is 16.1. The number of benzene rings is 6.